The molecule has 0 radical (unpaired) electrons. The van der Waals surface area contributed by atoms with Crippen molar-refractivity contribution in [2.75, 3.05) is 33.8 Å². The normalized spacial score (nSPS) is 18.2. The number of benzene rings is 2. The van der Waals surface area contributed by atoms with Gasteiger partial charge in [0, 0.05) is 25.7 Å². The molecule has 1 fully saturated rings. The molecule has 0 unspecified atom stereocenters. The first-order chi connectivity index (χ1) is 14.5. The van der Waals surface area contributed by atoms with Crippen molar-refractivity contribution in [1.29, 1.82) is 0 Å². The molecule has 3 rings (SSSR count). The van der Waals surface area contributed by atoms with Crippen molar-refractivity contribution in [3.05, 3.63) is 71.8 Å². The number of piperazine rings is 1. The van der Waals surface area contributed by atoms with Gasteiger partial charge in [0.2, 0.25) is 11.8 Å². The standard InChI is InChI=1S/C24H29N3O3/c1-18(25-23(28)14-11-19-9-12-21(30-3)13-10-19)24(29)27-16-15-26(2)17-22(27)20-7-5-4-6-8-20/h4-14,18,22H,15-17H2,1-3H3,(H,25,28)/b14-11+/t18-,22-/m0/s1. The van der Waals surface area contributed by atoms with Crippen LogP contribution in [-0.4, -0.2) is 61.4 Å². The van der Waals surface area contributed by atoms with E-state index in [1.165, 1.54) is 6.08 Å². The predicted molar refractivity (Wildman–Crippen MR) is 118 cm³/mol. The molecule has 1 saturated heterocycles. The number of likely N-dealkylation sites (N-methyl/N-ethyl adjacent to an activating group) is 1. The molecule has 0 bridgehead atoms. The summed E-state index contributed by atoms with van der Waals surface area (Å²) in [5.74, 6) is 0.399. The Morgan fingerprint density at radius 2 is 1.80 bits per heavy atom. The summed E-state index contributed by atoms with van der Waals surface area (Å²) in [6.07, 6.45) is 3.17. The zero-order valence-corrected chi connectivity index (χ0v) is 17.7. The number of ether oxygens (including phenoxy) is 1. The fourth-order valence-corrected chi connectivity index (χ4v) is 3.60. The molecule has 2 aromatic carbocycles. The Balaban J connectivity index is 1.63. The van der Waals surface area contributed by atoms with Crippen molar-refractivity contribution in [2.24, 2.45) is 0 Å². The summed E-state index contributed by atoms with van der Waals surface area (Å²) in [5, 5.41) is 2.80. The highest BCUT2D eigenvalue weighted by Gasteiger charge is 2.32. The van der Waals surface area contributed by atoms with E-state index in [-0.39, 0.29) is 17.9 Å². The minimum Gasteiger partial charge on any atom is -0.497 e. The number of amides is 2. The molecular formula is C24H29N3O3. The van der Waals surface area contributed by atoms with Gasteiger partial charge in [0.1, 0.15) is 11.8 Å². The average Bonchev–Trinajstić information content (AvgIpc) is 2.78. The lowest BCUT2D eigenvalue weighted by molar-refractivity contribution is -0.139. The van der Waals surface area contributed by atoms with Crippen LogP contribution in [0.15, 0.2) is 60.7 Å². The number of nitrogens with one attached hydrogen (secondary N) is 1. The van der Waals surface area contributed by atoms with E-state index in [0.717, 1.165) is 30.0 Å². The minimum atomic E-state index is -0.604. The fourth-order valence-electron chi connectivity index (χ4n) is 3.60. The minimum absolute atomic E-state index is 0.0216. The number of methoxy groups -OCH3 is 1. The molecule has 6 nitrogen and oxygen atoms in total. The van der Waals surface area contributed by atoms with E-state index in [4.69, 9.17) is 4.74 Å². The Morgan fingerprint density at radius 3 is 2.47 bits per heavy atom. The SMILES string of the molecule is COc1ccc(/C=C/C(=O)N[C@@H](C)C(=O)N2CCN(C)C[C@H]2c2ccccc2)cc1. The lowest BCUT2D eigenvalue weighted by Crippen LogP contribution is -2.54. The van der Waals surface area contributed by atoms with Gasteiger partial charge in [-0.2, -0.15) is 0 Å². The van der Waals surface area contributed by atoms with Gasteiger partial charge in [0.05, 0.1) is 13.2 Å². The van der Waals surface area contributed by atoms with Gasteiger partial charge in [-0.15, -0.1) is 0 Å². The van der Waals surface area contributed by atoms with Gasteiger partial charge in [0.25, 0.3) is 0 Å². The highest BCUT2D eigenvalue weighted by atomic mass is 16.5. The topological polar surface area (TPSA) is 61.9 Å². The Morgan fingerprint density at radius 1 is 1.10 bits per heavy atom. The number of hydrogen-bond donors (Lipinski definition) is 1. The van der Waals surface area contributed by atoms with Crippen LogP contribution in [0.2, 0.25) is 0 Å². The molecule has 1 N–H and O–H groups in total. The van der Waals surface area contributed by atoms with E-state index >= 15 is 0 Å². The average molecular weight is 408 g/mol. The summed E-state index contributed by atoms with van der Waals surface area (Å²) < 4.78 is 5.13. The number of hydrogen-bond acceptors (Lipinski definition) is 4. The Hall–Kier alpha value is -3.12. The smallest absolute Gasteiger partial charge is 0.245 e. The molecule has 1 heterocycles. The predicted octanol–water partition coefficient (Wildman–Crippen LogP) is 2.73. The molecular weight excluding hydrogens is 378 g/mol. The van der Waals surface area contributed by atoms with Gasteiger partial charge in [-0.25, -0.2) is 0 Å². The number of carbonyl (C=O) groups is 2. The van der Waals surface area contributed by atoms with Crippen molar-refractivity contribution >= 4 is 17.9 Å². The molecule has 2 amide bonds. The second-order valence-electron chi connectivity index (χ2n) is 7.56. The van der Waals surface area contributed by atoms with Crippen molar-refractivity contribution < 1.29 is 14.3 Å². The van der Waals surface area contributed by atoms with Crippen LogP contribution >= 0.6 is 0 Å². The summed E-state index contributed by atoms with van der Waals surface area (Å²) in [6.45, 7) is 3.96. The molecule has 0 aliphatic carbocycles. The third kappa shape index (κ3) is 5.48. The summed E-state index contributed by atoms with van der Waals surface area (Å²) in [6, 6.07) is 16.8. The van der Waals surface area contributed by atoms with Crippen LogP contribution in [0.25, 0.3) is 6.08 Å². The maximum absolute atomic E-state index is 13.1. The monoisotopic (exact) mass is 407 g/mol. The third-order valence-electron chi connectivity index (χ3n) is 5.32. The zero-order chi connectivity index (χ0) is 21.5. The van der Waals surface area contributed by atoms with Crippen molar-refractivity contribution in [3.8, 4) is 5.75 Å². The van der Waals surface area contributed by atoms with Crippen molar-refractivity contribution in [2.45, 2.75) is 19.0 Å². The molecule has 1 aliphatic heterocycles. The molecule has 0 aromatic heterocycles. The van der Waals surface area contributed by atoms with Gasteiger partial charge in [-0.3, -0.25) is 9.59 Å². The van der Waals surface area contributed by atoms with Gasteiger partial charge in [-0.1, -0.05) is 42.5 Å². The molecule has 2 atom stereocenters. The summed E-state index contributed by atoms with van der Waals surface area (Å²) in [7, 11) is 3.67. The summed E-state index contributed by atoms with van der Waals surface area (Å²) >= 11 is 0. The van der Waals surface area contributed by atoms with Gasteiger partial charge in [0.15, 0.2) is 0 Å². The lowest BCUT2D eigenvalue weighted by atomic mass is 10.0. The first kappa shape index (κ1) is 21.6. The van der Waals surface area contributed by atoms with Gasteiger partial charge >= 0.3 is 0 Å². The molecule has 0 spiro atoms. The molecule has 30 heavy (non-hydrogen) atoms. The van der Waals surface area contributed by atoms with E-state index < -0.39 is 6.04 Å². The highest BCUT2D eigenvalue weighted by Crippen LogP contribution is 2.25. The quantitative estimate of drug-likeness (QED) is 0.748. The van der Waals surface area contributed by atoms with Crippen LogP contribution in [0.5, 0.6) is 5.75 Å². The second-order valence-corrected chi connectivity index (χ2v) is 7.56. The Bertz CT molecular complexity index is 880. The molecule has 2 aromatic rings. The number of rotatable bonds is 6. The lowest BCUT2D eigenvalue weighted by Gasteiger charge is -2.41. The number of nitrogens with zero attached hydrogens (tertiary/aromatic N) is 2. The largest absolute Gasteiger partial charge is 0.497 e. The molecule has 0 saturated carbocycles. The first-order valence-electron chi connectivity index (χ1n) is 10.1. The Kier molecular flexibility index (Phi) is 7.25. The molecule has 158 valence electrons. The number of carbonyl (C=O) groups excluding carboxylic acids is 2. The van der Waals surface area contributed by atoms with Crippen LogP contribution in [0, 0.1) is 0 Å². The van der Waals surface area contributed by atoms with Crippen LogP contribution in [-0.2, 0) is 9.59 Å². The maximum atomic E-state index is 13.1. The zero-order valence-electron chi connectivity index (χ0n) is 17.7. The van der Waals surface area contributed by atoms with Crippen molar-refractivity contribution in [3.63, 3.8) is 0 Å². The van der Waals surface area contributed by atoms with E-state index in [1.54, 1.807) is 20.1 Å². The van der Waals surface area contributed by atoms with Crippen LogP contribution in [0.1, 0.15) is 24.1 Å². The van der Waals surface area contributed by atoms with E-state index in [9.17, 15) is 9.59 Å². The highest BCUT2D eigenvalue weighted by molar-refractivity contribution is 5.95. The van der Waals surface area contributed by atoms with Crippen LogP contribution in [0.3, 0.4) is 0 Å². The third-order valence-corrected chi connectivity index (χ3v) is 5.32. The fraction of sp³-hybridized carbons (Fsp3) is 0.333. The van der Waals surface area contributed by atoms with Crippen LogP contribution < -0.4 is 10.1 Å². The Labute approximate surface area is 178 Å². The van der Waals surface area contributed by atoms with E-state index in [1.807, 2.05) is 59.5 Å². The van der Waals surface area contributed by atoms with E-state index in [0.29, 0.717) is 6.54 Å². The second kappa shape index (κ2) is 10.1. The van der Waals surface area contributed by atoms with Gasteiger partial charge in [-0.05, 0) is 43.3 Å². The maximum Gasteiger partial charge on any atom is 0.245 e. The molecule has 1 aliphatic rings. The summed E-state index contributed by atoms with van der Waals surface area (Å²) in [4.78, 5) is 29.6. The van der Waals surface area contributed by atoms with E-state index in [2.05, 4.69) is 17.3 Å². The van der Waals surface area contributed by atoms with Gasteiger partial charge < -0.3 is 19.9 Å². The van der Waals surface area contributed by atoms with Crippen molar-refractivity contribution in [1.82, 2.24) is 15.1 Å². The molecule has 6 heteroatoms. The first-order valence-corrected chi connectivity index (χ1v) is 10.1. The van der Waals surface area contributed by atoms with Crippen LogP contribution in [0.4, 0.5) is 0 Å². The summed E-state index contributed by atoms with van der Waals surface area (Å²) in [5.41, 5.74) is 1.99.